The van der Waals surface area contributed by atoms with Crippen LogP contribution in [-0.2, 0) is 28.6 Å². The number of esters is 2. The summed E-state index contributed by atoms with van der Waals surface area (Å²) >= 11 is 0. The smallest absolute Gasteiger partial charge is 0.303 e. The number of aliphatic hydroxyl groups is 3. The Kier molecular flexibility index (Phi) is 5.85. The van der Waals surface area contributed by atoms with Crippen molar-refractivity contribution in [3.63, 3.8) is 0 Å². The highest BCUT2D eigenvalue weighted by atomic mass is 16.7. The van der Waals surface area contributed by atoms with Crippen molar-refractivity contribution in [2.75, 3.05) is 0 Å². The van der Waals surface area contributed by atoms with Gasteiger partial charge in [0.15, 0.2) is 5.78 Å². The van der Waals surface area contributed by atoms with Gasteiger partial charge < -0.3 is 33.9 Å². The van der Waals surface area contributed by atoms with Crippen molar-refractivity contribution in [1.82, 2.24) is 0 Å². The SMILES string of the molecule is CC(=O)O[C@H]1[C@H](OC(C)=O)[C@]2(C)[C@@H]([C@H](O)C[C@H]2c2ccoc2)[C@]2(C)[C@H](O)C[C@H]3C(C)(C)O[C@]4(O)C(=O)CC[C@]34[C@@H]12. The van der Waals surface area contributed by atoms with Crippen LogP contribution in [0.25, 0.3) is 0 Å². The van der Waals surface area contributed by atoms with Gasteiger partial charge in [0.05, 0.1) is 30.3 Å². The van der Waals surface area contributed by atoms with E-state index in [9.17, 15) is 29.7 Å². The maximum absolute atomic E-state index is 13.4. The third-order valence-electron chi connectivity index (χ3n) is 11.8. The van der Waals surface area contributed by atoms with Crippen molar-refractivity contribution >= 4 is 17.7 Å². The number of ketones is 1. The fourth-order valence-electron chi connectivity index (χ4n) is 10.8. The fourth-order valence-corrected chi connectivity index (χ4v) is 10.8. The summed E-state index contributed by atoms with van der Waals surface area (Å²) in [6.07, 6.45) is -0.187. The molecule has 1 aliphatic heterocycles. The molecule has 4 saturated carbocycles. The normalized spacial score (nSPS) is 50.5. The topological polar surface area (TPSA) is 153 Å². The molecular formula is C30H40O10. The van der Waals surface area contributed by atoms with Crippen LogP contribution in [0.15, 0.2) is 23.0 Å². The van der Waals surface area contributed by atoms with E-state index in [4.69, 9.17) is 18.6 Å². The van der Waals surface area contributed by atoms with Crippen LogP contribution in [0.1, 0.15) is 78.7 Å². The molecule has 12 atom stereocenters. The first-order valence-electron chi connectivity index (χ1n) is 14.2. The molecule has 1 aromatic rings. The molecular weight excluding hydrogens is 520 g/mol. The Labute approximate surface area is 233 Å². The zero-order valence-electron chi connectivity index (χ0n) is 23.9. The Hall–Kier alpha value is -2.27. The van der Waals surface area contributed by atoms with Crippen LogP contribution in [0.5, 0.6) is 0 Å². The number of fused-ring (bicyclic) bond motifs is 3. The molecule has 10 heteroatoms. The summed E-state index contributed by atoms with van der Waals surface area (Å²) in [5.41, 5.74) is -3.62. The highest BCUT2D eigenvalue weighted by Crippen LogP contribution is 2.79. The number of carbonyl (C=O) groups is 3. The van der Waals surface area contributed by atoms with Gasteiger partial charge in [0.25, 0.3) is 0 Å². The summed E-state index contributed by atoms with van der Waals surface area (Å²) in [6.45, 7) is 9.93. The molecule has 220 valence electrons. The fraction of sp³-hybridized carbons (Fsp3) is 0.767. The second kappa shape index (κ2) is 8.40. The number of furan rings is 1. The predicted octanol–water partition coefficient (Wildman–Crippen LogP) is 2.48. The van der Waals surface area contributed by atoms with Crippen LogP contribution in [-0.4, -0.2) is 68.8 Å². The van der Waals surface area contributed by atoms with Gasteiger partial charge in [-0.05, 0) is 50.7 Å². The number of Topliss-reactive ketones (excluding diaryl/α,β-unsaturated/α-hetero) is 1. The lowest BCUT2D eigenvalue weighted by atomic mass is 9.36. The lowest BCUT2D eigenvalue weighted by Gasteiger charge is -2.69. The zero-order chi connectivity index (χ0) is 29.2. The Morgan fingerprint density at radius 2 is 1.68 bits per heavy atom. The first-order valence-corrected chi connectivity index (χ1v) is 14.2. The van der Waals surface area contributed by atoms with E-state index in [1.54, 1.807) is 26.2 Å². The molecule has 1 saturated heterocycles. The van der Waals surface area contributed by atoms with E-state index in [0.717, 1.165) is 5.56 Å². The summed E-state index contributed by atoms with van der Waals surface area (Å²) < 4.78 is 23.8. The highest BCUT2D eigenvalue weighted by Gasteiger charge is 2.86. The lowest BCUT2D eigenvalue weighted by molar-refractivity contribution is -0.319. The van der Waals surface area contributed by atoms with Crippen LogP contribution >= 0.6 is 0 Å². The largest absolute Gasteiger partial charge is 0.472 e. The van der Waals surface area contributed by atoms with E-state index in [-0.39, 0.29) is 25.2 Å². The van der Waals surface area contributed by atoms with Crippen LogP contribution in [0.4, 0.5) is 0 Å². The van der Waals surface area contributed by atoms with Crippen LogP contribution in [0.3, 0.4) is 0 Å². The molecule has 2 heterocycles. The van der Waals surface area contributed by atoms with Gasteiger partial charge in [-0.25, -0.2) is 0 Å². The third kappa shape index (κ3) is 3.11. The molecule has 0 radical (unpaired) electrons. The molecule has 5 aliphatic rings. The Balaban J connectivity index is 1.66. The van der Waals surface area contributed by atoms with Crippen molar-refractivity contribution in [2.45, 2.75) is 109 Å². The van der Waals surface area contributed by atoms with E-state index >= 15 is 0 Å². The van der Waals surface area contributed by atoms with Crippen LogP contribution in [0.2, 0.25) is 0 Å². The molecule has 4 aliphatic carbocycles. The van der Waals surface area contributed by atoms with E-state index in [1.165, 1.54) is 20.1 Å². The van der Waals surface area contributed by atoms with Gasteiger partial charge in [0.2, 0.25) is 5.79 Å². The average Bonchev–Trinajstić information content (AvgIpc) is 3.55. The van der Waals surface area contributed by atoms with Gasteiger partial charge in [-0.3, -0.25) is 14.4 Å². The zero-order valence-corrected chi connectivity index (χ0v) is 23.9. The highest BCUT2D eigenvalue weighted by molar-refractivity contribution is 5.90. The van der Waals surface area contributed by atoms with E-state index in [2.05, 4.69) is 0 Å². The second-order valence-electron chi connectivity index (χ2n) is 13.8. The number of hydrogen-bond acceptors (Lipinski definition) is 10. The molecule has 0 aromatic carbocycles. The van der Waals surface area contributed by atoms with Gasteiger partial charge in [0.1, 0.15) is 12.2 Å². The lowest BCUT2D eigenvalue weighted by Crippen LogP contribution is -2.76. The van der Waals surface area contributed by atoms with Gasteiger partial charge in [-0.15, -0.1) is 0 Å². The van der Waals surface area contributed by atoms with Gasteiger partial charge >= 0.3 is 11.9 Å². The minimum Gasteiger partial charge on any atom is -0.472 e. The molecule has 5 fully saturated rings. The molecule has 0 unspecified atom stereocenters. The van der Waals surface area contributed by atoms with Crippen molar-refractivity contribution < 1.29 is 48.3 Å². The van der Waals surface area contributed by atoms with E-state index < -0.39 is 87.5 Å². The van der Waals surface area contributed by atoms with Gasteiger partial charge in [-0.2, -0.15) is 0 Å². The first kappa shape index (κ1) is 27.9. The Morgan fingerprint density at radius 3 is 2.27 bits per heavy atom. The molecule has 1 aromatic heterocycles. The molecule has 40 heavy (non-hydrogen) atoms. The quantitative estimate of drug-likeness (QED) is 0.470. The average molecular weight is 561 g/mol. The number of hydrogen-bond donors (Lipinski definition) is 3. The standard InChI is InChI=1S/C30H40O10/c1-14(31)38-22-24-28(6,21(35)12-19-26(3,4)40-30(36)20(34)7-9-29(19,24)30)23-18(33)11-17(16-8-10-37-13-16)27(23,5)25(22)39-15(2)32/h8,10,13,17-19,21-25,33,35-36H,7,9,11-12H2,1-6H3/t17-,18+,19-,21+,22+,23+,24-,25-,27-,28-,29+,30+/m0/s1. The van der Waals surface area contributed by atoms with Crippen molar-refractivity contribution in [3.8, 4) is 0 Å². The minimum absolute atomic E-state index is 0.0545. The van der Waals surface area contributed by atoms with Crippen molar-refractivity contribution in [3.05, 3.63) is 24.2 Å². The van der Waals surface area contributed by atoms with Gasteiger partial charge in [0, 0.05) is 54.3 Å². The van der Waals surface area contributed by atoms with E-state index in [1.807, 2.05) is 13.8 Å². The summed E-state index contributed by atoms with van der Waals surface area (Å²) in [7, 11) is 0. The monoisotopic (exact) mass is 560 g/mol. The Bertz CT molecular complexity index is 1240. The number of rotatable bonds is 3. The minimum atomic E-state index is -2.19. The number of ether oxygens (including phenoxy) is 3. The predicted molar refractivity (Wildman–Crippen MR) is 137 cm³/mol. The number of carbonyl (C=O) groups excluding carboxylic acids is 3. The van der Waals surface area contributed by atoms with Gasteiger partial charge in [-0.1, -0.05) is 13.8 Å². The van der Waals surface area contributed by atoms with Crippen LogP contribution in [0, 0.1) is 34.0 Å². The maximum Gasteiger partial charge on any atom is 0.303 e. The third-order valence-corrected chi connectivity index (χ3v) is 11.8. The second-order valence-corrected chi connectivity index (χ2v) is 13.8. The molecule has 6 rings (SSSR count). The molecule has 1 spiro atoms. The summed E-state index contributed by atoms with van der Waals surface area (Å²) in [5.74, 6) is -6.24. The van der Waals surface area contributed by atoms with Crippen LogP contribution < -0.4 is 0 Å². The number of aliphatic hydroxyl groups excluding tert-OH is 2. The summed E-state index contributed by atoms with van der Waals surface area (Å²) in [5, 5.41) is 36.2. The van der Waals surface area contributed by atoms with Crippen molar-refractivity contribution in [2.24, 2.45) is 34.0 Å². The van der Waals surface area contributed by atoms with E-state index in [0.29, 0.717) is 6.42 Å². The summed E-state index contributed by atoms with van der Waals surface area (Å²) in [4.78, 5) is 38.9. The Morgan fingerprint density at radius 1 is 1.00 bits per heavy atom. The summed E-state index contributed by atoms with van der Waals surface area (Å²) in [6, 6.07) is 1.80. The molecule has 0 amide bonds. The molecule has 3 N–H and O–H groups in total. The maximum atomic E-state index is 13.4. The molecule has 10 nitrogen and oxygen atoms in total. The van der Waals surface area contributed by atoms with Crippen molar-refractivity contribution in [1.29, 1.82) is 0 Å². The molecule has 0 bridgehead atoms. The first-order chi connectivity index (χ1) is 18.6.